The summed E-state index contributed by atoms with van der Waals surface area (Å²) in [4.78, 5) is 5.04. The molecule has 3 aromatic carbocycles. The first-order chi connectivity index (χ1) is 12.0. The van der Waals surface area contributed by atoms with Gasteiger partial charge >= 0.3 is 0 Å². The van der Waals surface area contributed by atoms with Crippen LogP contribution in [0.25, 0.3) is 10.8 Å². The maximum absolute atomic E-state index is 2.53. The molecule has 0 saturated carbocycles. The van der Waals surface area contributed by atoms with Gasteiger partial charge in [0.1, 0.15) is 0 Å². The number of anilines is 3. The molecule has 0 atom stereocenters. The standard InChI is InChI=1S/C23H24N2/c1-15(2)24-14-25-19-13-12-16-8-5-6-9-17(16)21(19)23(3,4)18-10-7-11-20(24)22(18)25/h5-13,15H,14H2,1-4H3. The molecule has 0 aromatic heterocycles. The Morgan fingerprint density at radius 3 is 2.48 bits per heavy atom. The highest BCUT2D eigenvalue weighted by atomic mass is 15.4. The highest BCUT2D eigenvalue weighted by Crippen LogP contribution is 2.56. The summed E-state index contributed by atoms with van der Waals surface area (Å²) in [6.45, 7) is 10.3. The summed E-state index contributed by atoms with van der Waals surface area (Å²) in [5, 5.41) is 2.71. The Labute approximate surface area is 149 Å². The van der Waals surface area contributed by atoms with Gasteiger partial charge in [0, 0.05) is 17.1 Å². The summed E-state index contributed by atoms with van der Waals surface area (Å²) in [6, 6.07) is 20.7. The van der Waals surface area contributed by atoms with E-state index in [0.717, 1.165) is 6.67 Å². The van der Waals surface area contributed by atoms with Crippen molar-refractivity contribution in [3.05, 3.63) is 65.7 Å². The Morgan fingerprint density at radius 2 is 1.68 bits per heavy atom. The first-order valence-electron chi connectivity index (χ1n) is 9.20. The topological polar surface area (TPSA) is 6.48 Å². The molecule has 126 valence electrons. The number of hydrogen-bond donors (Lipinski definition) is 0. The van der Waals surface area contributed by atoms with Crippen molar-refractivity contribution in [3.63, 3.8) is 0 Å². The van der Waals surface area contributed by atoms with Gasteiger partial charge in [-0.25, -0.2) is 0 Å². The number of benzene rings is 3. The van der Waals surface area contributed by atoms with Crippen LogP contribution in [0.3, 0.4) is 0 Å². The van der Waals surface area contributed by atoms with Crippen LogP contribution in [0.5, 0.6) is 0 Å². The third-order valence-electron chi connectivity index (χ3n) is 6.01. The van der Waals surface area contributed by atoms with Crippen molar-refractivity contribution in [2.45, 2.75) is 39.2 Å². The van der Waals surface area contributed by atoms with Crippen LogP contribution < -0.4 is 9.80 Å². The lowest BCUT2D eigenvalue weighted by Gasteiger charge is -2.40. The first-order valence-corrected chi connectivity index (χ1v) is 9.20. The van der Waals surface area contributed by atoms with Crippen LogP contribution in [0.15, 0.2) is 54.6 Å². The van der Waals surface area contributed by atoms with E-state index in [0.29, 0.717) is 6.04 Å². The molecule has 0 amide bonds. The normalized spacial score (nSPS) is 17.2. The van der Waals surface area contributed by atoms with Gasteiger partial charge < -0.3 is 9.80 Å². The molecule has 0 fully saturated rings. The van der Waals surface area contributed by atoms with Gasteiger partial charge in [0.2, 0.25) is 0 Å². The third kappa shape index (κ3) is 1.80. The minimum atomic E-state index is -0.00890. The lowest BCUT2D eigenvalue weighted by atomic mass is 9.72. The molecule has 0 unspecified atom stereocenters. The Balaban J connectivity index is 1.87. The molecule has 2 nitrogen and oxygen atoms in total. The van der Waals surface area contributed by atoms with Crippen LogP contribution in [0.4, 0.5) is 17.1 Å². The predicted octanol–water partition coefficient (Wildman–Crippen LogP) is 5.80. The molecule has 0 aliphatic carbocycles. The van der Waals surface area contributed by atoms with E-state index in [1.54, 1.807) is 0 Å². The third-order valence-corrected chi connectivity index (χ3v) is 6.01. The number of fused-ring (bicyclic) bond motifs is 4. The number of hydrogen-bond acceptors (Lipinski definition) is 2. The van der Waals surface area contributed by atoms with Crippen molar-refractivity contribution in [2.75, 3.05) is 16.5 Å². The van der Waals surface area contributed by atoms with Crippen LogP contribution in [-0.4, -0.2) is 12.7 Å². The van der Waals surface area contributed by atoms with Gasteiger partial charge in [-0.1, -0.05) is 56.3 Å². The molecule has 3 aromatic rings. The number of para-hydroxylation sites is 1. The Bertz CT molecular complexity index is 1000. The van der Waals surface area contributed by atoms with Crippen LogP contribution in [-0.2, 0) is 5.41 Å². The van der Waals surface area contributed by atoms with Crippen LogP contribution in [0, 0.1) is 0 Å². The fraction of sp³-hybridized carbons (Fsp3) is 0.304. The fourth-order valence-electron chi connectivity index (χ4n) is 4.76. The molecule has 2 heteroatoms. The second-order valence-corrected chi connectivity index (χ2v) is 8.11. The van der Waals surface area contributed by atoms with Crippen LogP contribution >= 0.6 is 0 Å². The molecule has 0 saturated heterocycles. The second-order valence-electron chi connectivity index (χ2n) is 8.11. The molecular weight excluding hydrogens is 304 g/mol. The summed E-state index contributed by atoms with van der Waals surface area (Å²) in [6.07, 6.45) is 0. The number of nitrogens with zero attached hydrogens (tertiary/aromatic N) is 2. The lowest BCUT2D eigenvalue weighted by Crippen LogP contribution is -2.36. The van der Waals surface area contributed by atoms with Crippen molar-refractivity contribution in [3.8, 4) is 0 Å². The van der Waals surface area contributed by atoms with Crippen LogP contribution in [0.1, 0.15) is 38.8 Å². The van der Waals surface area contributed by atoms with Gasteiger partial charge in [0.25, 0.3) is 0 Å². The maximum atomic E-state index is 2.53. The maximum Gasteiger partial charge on any atom is 0.0955 e. The molecular formula is C23H24N2. The van der Waals surface area contributed by atoms with Crippen molar-refractivity contribution < 1.29 is 0 Å². The minimum Gasteiger partial charge on any atom is -0.349 e. The monoisotopic (exact) mass is 328 g/mol. The van der Waals surface area contributed by atoms with E-state index in [-0.39, 0.29) is 5.41 Å². The molecule has 0 spiro atoms. The summed E-state index contributed by atoms with van der Waals surface area (Å²) in [5.74, 6) is 0. The van der Waals surface area contributed by atoms with E-state index >= 15 is 0 Å². The molecule has 2 heterocycles. The second kappa shape index (κ2) is 4.78. The average molecular weight is 328 g/mol. The quantitative estimate of drug-likeness (QED) is 0.557. The molecule has 5 rings (SSSR count). The van der Waals surface area contributed by atoms with Crippen molar-refractivity contribution in [1.82, 2.24) is 0 Å². The zero-order chi connectivity index (χ0) is 17.3. The molecule has 2 aliphatic heterocycles. The zero-order valence-electron chi connectivity index (χ0n) is 15.4. The van der Waals surface area contributed by atoms with Crippen molar-refractivity contribution in [2.24, 2.45) is 0 Å². The Hall–Kier alpha value is -2.48. The van der Waals surface area contributed by atoms with Crippen molar-refractivity contribution >= 4 is 27.8 Å². The van der Waals surface area contributed by atoms with Gasteiger partial charge in [-0.2, -0.15) is 0 Å². The summed E-state index contributed by atoms with van der Waals surface area (Å²) in [7, 11) is 0. The van der Waals surface area contributed by atoms with Gasteiger partial charge in [-0.15, -0.1) is 0 Å². The van der Waals surface area contributed by atoms with E-state index in [1.165, 1.54) is 39.0 Å². The molecule has 0 N–H and O–H groups in total. The Kier molecular flexibility index (Phi) is 2.84. The SMILES string of the molecule is CC(C)N1CN2c3ccc4ccccc4c3C(C)(C)c3cccc1c32. The average Bonchev–Trinajstić information content (AvgIpc) is 3.00. The predicted molar refractivity (Wildman–Crippen MR) is 107 cm³/mol. The largest absolute Gasteiger partial charge is 0.349 e. The summed E-state index contributed by atoms with van der Waals surface area (Å²) < 4.78 is 0. The van der Waals surface area contributed by atoms with E-state index in [1.807, 2.05) is 0 Å². The lowest BCUT2D eigenvalue weighted by molar-refractivity contribution is 0.633. The van der Waals surface area contributed by atoms with Gasteiger partial charge in [-0.05, 0) is 47.9 Å². The van der Waals surface area contributed by atoms with Crippen LogP contribution in [0.2, 0.25) is 0 Å². The molecule has 25 heavy (non-hydrogen) atoms. The highest BCUT2D eigenvalue weighted by Gasteiger charge is 2.42. The van der Waals surface area contributed by atoms with E-state index in [4.69, 9.17) is 0 Å². The van der Waals surface area contributed by atoms with Gasteiger partial charge in [-0.3, -0.25) is 0 Å². The fourth-order valence-corrected chi connectivity index (χ4v) is 4.76. The first kappa shape index (κ1) is 14.8. The minimum absolute atomic E-state index is 0.00890. The van der Waals surface area contributed by atoms with Crippen molar-refractivity contribution in [1.29, 1.82) is 0 Å². The smallest absolute Gasteiger partial charge is 0.0955 e. The number of rotatable bonds is 1. The molecule has 0 bridgehead atoms. The van der Waals surface area contributed by atoms with E-state index < -0.39 is 0 Å². The summed E-state index contributed by atoms with van der Waals surface area (Å²) in [5.41, 5.74) is 7.04. The Morgan fingerprint density at radius 1 is 0.880 bits per heavy atom. The summed E-state index contributed by atoms with van der Waals surface area (Å²) >= 11 is 0. The molecule has 2 aliphatic rings. The molecule has 0 radical (unpaired) electrons. The van der Waals surface area contributed by atoms with E-state index in [2.05, 4.69) is 92.1 Å². The van der Waals surface area contributed by atoms with Gasteiger partial charge in [0.05, 0.1) is 18.0 Å². The van der Waals surface area contributed by atoms with E-state index in [9.17, 15) is 0 Å². The van der Waals surface area contributed by atoms with Gasteiger partial charge in [0.15, 0.2) is 0 Å². The highest BCUT2D eigenvalue weighted by molar-refractivity contribution is 5.99. The zero-order valence-corrected chi connectivity index (χ0v) is 15.4.